The first-order valence-corrected chi connectivity index (χ1v) is 5.78. The van der Waals surface area contributed by atoms with Crippen molar-refractivity contribution >= 4 is 5.82 Å². The van der Waals surface area contributed by atoms with Crippen LogP contribution in [0.3, 0.4) is 0 Å². The third-order valence-corrected chi connectivity index (χ3v) is 2.82. The van der Waals surface area contributed by atoms with E-state index in [1.165, 1.54) is 25.9 Å². The van der Waals surface area contributed by atoms with E-state index in [-0.39, 0.29) is 11.6 Å². The molecule has 1 atom stereocenters. The largest absolute Gasteiger partial charge is 0.362 e. The van der Waals surface area contributed by atoms with E-state index in [1.54, 1.807) is 12.4 Å². The molecule has 1 aromatic heterocycles. The molecule has 0 radical (unpaired) electrons. The summed E-state index contributed by atoms with van der Waals surface area (Å²) >= 11 is 0. The number of likely N-dealkylation sites (tertiary alicyclic amines) is 1. The van der Waals surface area contributed by atoms with Crippen LogP contribution in [-0.4, -0.2) is 40.5 Å². The summed E-state index contributed by atoms with van der Waals surface area (Å²) in [6.07, 6.45) is 5.71. The van der Waals surface area contributed by atoms with Gasteiger partial charge in [0.1, 0.15) is 0 Å². The van der Waals surface area contributed by atoms with Crippen LogP contribution in [0, 0.1) is 0 Å². The van der Waals surface area contributed by atoms with Crippen LogP contribution in [0.1, 0.15) is 19.8 Å². The standard InChI is InChI=1S/C11H18N4O/c1-9(8-15-6-2-3-7-15)14-10-11(16)13-5-4-12-10/h4-5,9H,2-3,6-8H2,1H3,(H,12,14)(H,13,16). The second-order valence-corrected chi connectivity index (χ2v) is 4.32. The number of H-pyrrole nitrogens is 1. The Kier molecular flexibility index (Phi) is 3.56. The normalized spacial score (nSPS) is 18.6. The molecule has 0 bridgehead atoms. The Bertz CT molecular complexity index is 384. The fourth-order valence-electron chi connectivity index (χ4n) is 2.09. The van der Waals surface area contributed by atoms with E-state index in [9.17, 15) is 4.79 Å². The zero-order valence-electron chi connectivity index (χ0n) is 9.57. The van der Waals surface area contributed by atoms with Crippen molar-refractivity contribution in [2.24, 2.45) is 0 Å². The number of nitrogens with one attached hydrogen (secondary N) is 2. The van der Waals surface area contributed by atoms with E-state index >= 15 is 0 Å². The van der Waals surface area contributed by atoms with Crippen molar-refractivity contribution in [2.75, 3.05) is 25.0 Å². The van der Waals surface area contributed by atoms with Gasteiger partial charge in [-0.3, -0.25) is 4.79 Å². The van der Waals surface area contributed by atoms with Gasteiger partial charge in [0.15, 0.2) is 5.82 Å². The molecule has 1 aromatic rings. The first-order valence-electron chi connectivity index (χ1n) is 5.78. The minimum Gasteiger partial charge on any atom is -0.362 e. The summed E-state index contributed by atoms with van der Waals surface area (Å²) in [5, 5.41) is 3.14. The summed E-state index contributed by atoms with van der Waals surface area (Å²) in [5.74, 6) is 0.411. The summed E-state index contributed by atoms with van der Waals surface area (Å²) in [6.45, 7) is 5.39. The summed E-state index contributed by atoms with van der Waals surface area (Å²) in [4.78, 5) is 20.4. The maximum atomic E-state index is 11.4. The van der Waals surface area contributed by atoms with Crippen LogP contribution in [0.2, 0.25) is 0 Å². The van der Waals surface area contributed by atoms with E-state index in [1.807, 2.05) is 0 Å². The highest BCUT2D eigenvalue weighted by Crippen LogP contribution is 2.08. The average Bonchev–Trinajstić information content (AvgIpc) is 2.74. The first-order chi connectivity index (χ1) is 7.75. The molecule has 16 heavy (non-hydrogen) atoms. The molecule has 1 aliphatic heterocycles. The summed E-state index contributed by atoms with van der Waals surface area (Å²) < 4.78 is 0. The third-order valence-electron chi connectivity index (χ3n) is 2.82. The minimum atomic E-state index is -0.157. The number of anilines is 1. The SMILES string of the molecule is CC(CN1CCCC1)Nc1ncc[nH]c1=O. The molecule has 2 N–H and O–H groups in total. The van der Waals surface area contributed by atoms with Crippen molar-refractivity contribution in [2.45, 2.75) is 25.8 Å². The van der Waals surface area contributed by atoms with E-state index in [0.717, 1.165) is 6.54 Å². The molecule has 0 saturated carbocycles. The molecule has 2 heterocycles. The average molecular weight is 222 g/mol. The Hall–Kier alpha value is -1.36. The van der Waals surface area contributed by atoms with Gasteiger partial charge < -0.3 is 15.2 Å². The van der Waals surface area contributed by atoms with Gasteiger partial charge in [-0.25, -0.2) is 4.98 Å². The van der Waals surface area contributed by atoms with Crippen LogP contribution in [0.25, 0.3) is 0 Å². The van der Waals surface area contributed by atoms with Crippen molar-refractivity contribution < 1.29 is 0 Å². The van der Waals surface area contributed by atoms with E-state index in [4.69, 9.17) is 0 Å². The monoisotopic (exact) mass is 222 g/mol. The number of aromatic nitrogens is 2. The molecule has 0 spiro atoms. The lowest BCUT2D eigenvalue weighted by Gasteiger charge is -2.21. The van der Waals surface area contributed by atoms with Gasteiger partial charge >= 0.3 is 0 Å². The van der Waals surface area contributed by atoms with Crippen molar-refractivity contribution in [1.82, 2.24) is 14.9 Å². The lowest BCUT2D eigenvalue weighted by Crippen LogP contribution is -2.34. The second kappa shape index (κ2) is 5.12. The molecular formula is C11H18N4O. The fraction of sp³-hybridized carbons (Fsp3) is 0.636. The summed E-state index contributed by atoms with van der Waals surface area (Å²) in [6, 6.07) is 0.245. The van der Waals surface area contributed by atoms with Gasteiger partial charge in [-0.05, 0) is 32.9 Å². The van der Waals surface area contributed by atoms with Crippen LogP contribution >= 0.6 is 0 Å². The Morgan fingerprint density at radius 1 is 1.56 bits per heavy atom. The Balaban J connectivity index is 1.89. The zero-order chi connectivity index (χ0) is 11.4. The molecule has 0 aromatic carbocycles. The first kappa shape index (κ1) is 11.1. The predicted octanol–water partition coefficient (Wildman–Crippen LogP) is 0.666. The fourth-order valence-corrected chi connectivity index (χ4v) is 2.09. The lowest BCUT2D eigenvalue weighted by molar-refractivity contribution is 0.327. The van der Waals surface area contributed by atoms with E-state index in [0.29, 0.717) is 5.82 Å². The highest BCUT2D eigenvalue weighted by molar-refractivity contribution is 5.31. The number of hydrogen-bond donors (Lipinski definition) is 2. The molecule has 1 unspecified atom stereocenters. The summed E-state index contributed by atoms with van der Waals surface area (Å²) in [7, 11) is 0. The molecular weight excluding hydrogens is 204 g/mol. The topological polar surface area (TPSA) is 61.0 Å². The van der Waals surface area contributed by atoms with Gasteiger partial charge in [0, 0.05) is 25.0 Å². The Morgan fingerprint density at radius 3 is 3.00 bits per heavy atom. The van der Waals surface area contributed by atoms with Crippen molar-refractivity contribution in [3.8, 4) is 0 Å². The second-order valence-electron chi connectivity index (χ2n) is 4.32. The van der Waals surface area contributed by atoms with Crippen LogP contribution in [0.5, 0.6) is 0 Å². The maximum absolute atomic E-state index is 11.4. The predicted molar refractivity (Wildman–Crippen MR) is 63.6 cm³/mol. The smallest absolute Gasteiger partial charge is 0.290 e. The van der Waals surface area contributed by atoms with Gasteiger partial charge in [0.2, 0.25) is 0 Å². The van der Waals surface area contributed by atoms with Crippen LogP contribution in [-0.2, 0) is 0 Å². The number of hydrogen-bond acceptors (Lipinski definition) is 4. The molecule has 88 valence electrons. The molecule has 5 heteroatoms. The van der Waals surface area contributed by atoms with Gasteiger partial charge in [0.25, 0.3) is 5.56 Å². The van der Waals surface area contributed by atoms with Crippen LogP contribution in [0.4, 0.5) is 5.82 Å². The molecule has 2 rings (SSSR count). The molecule has 0 amide bonds. The van der Waals surface area contributed by atoms with Gasteiger partial charge in [-0.1, -0.05) is 0 Å². The molecule has 1 saturated heterocycles. The van der Waals surface area contributed by atoms with Crippen molar-refractivity contribution in [1.29, 1.82) is 0 Å². The Morgan fingerprint density at radius 2 is 2.31 bits per heavy atom. The zero-order valence-corrected chi connectivity index (χ0v) is 9.57. The number of nitrogens with zero attached hydrogens (tertiary/aromatic N) is 2. The summed E-state index contributed by atoms with van der Waals surface area (Å²) in [5.41, 5.74) is -0.157. The lowest BCUT2D eigenvalue weighted by atomic mass is 10.3. The molecule has 5 nitrogen and oxygen atoms in total. The van der Waals surface area contributed by atoms with E-state index < -0.39 is 0 Å². The quantitative estimate of drug-likeness (QED) is 0.786. The maximum Gasteiger partial charge on any atom is 0.290 e. The van der Waals surface area contributed by atoms with Crippen LogP contribution < -0.4 is 10.9 Å². The van der Waals surface area contributed by atoms with Crippen LogP contribution in [0.15, 0.2) is 17.2 Å². The molecule has 1 fully saturated rings. The molecule has 1 aliphatic rings. The van der Waals surface area contributed by atoms with E-state index in [2.05, 4.69) is 27.1 Å². The highest BCUT2D eigenvalue weighted by Gasteiger charge is 2.15. The van der Waals surface area contributed by atoms with Gasteiger partial charge in [-0.2, -0.15) is 0 Å². The number of rotatable bonds is 4. The Labute approximate surface area is 94.9 Å². The van der Waals surface area contributed by atoms with Crippen molar-refractivity contribution in [3.05, 3.63) is 22.7 Å². The molecule has 0 aliphatic carbocycles. The van der Waals surface area contributed by atoms with Crippen molar-refractivity contribution in [3.63, 3.8) is 0 Å². The minimum absolute atomic E-state index is 0.157. The highest BCUT2D eigenvalue weighted by atomic mass is 16.1. The number of aromatic amines is 1. The third kappa shape index (κ3) is 2.82. The van der Waals surface area contributed by atoms with Gasteiger partial charge in [-0.15, -0.1) is 0 Å². The van der Waals surface area contributed by atoms with Gasteiger partial charge in [0.05, 0.1) is 0 Å².